The van der Waals surface area contributed by atoms with E-state index in [4.69, 9.17) is 0 Å². The maximum absolute atomic E-state index is 10.2. The molecule has 11 heavy (non-hydrogen) atoms. The van der Waals surface area contributed by atoms with Crippen molar-refractivity contribution in [1.82, 2.24) is 5.32 Å². The summed E-state index contributed by atoms with van der Waals surface area (Å²) in [5.74, 6) is -1.11. The molecule has 0 aromatic heterocycles. The monoisotopic (exact) mass is 191 g/mol. The van der Waals surface area contributed by atoms with E-state index in [1.807, 2.05) is 0 Å². The van der Waals surface area contributed by atoms with Crippen LogP contribution in [-0.4, -0.2) is 32.5 Å². The molecule has 60 valence electrons. The first-order valence-electron chi connectivity index (χ1n) is 2.28. The first-order valence-corrected chi connectivity index (χ1v) is 3.62. The molecule has 0 aliphatic rings. The predicted octanol–water partition coefficient (Wildman–Crippen LogP) is -4.79. The summed E-state index contributed by atoms with van der Waals surface area (Å²) in [4.78, 5) is 10.2. The predicted molar refractivity (Wildman–Crippen MR) is 29.7 cm³/mol. The van der Waals surface area contributed by atoms with Crippen molar-refractivity contribution in [2.45, 2.75) is 0 Å². The van der Waals surface area contributed by atoms with E-state index in [1.165, 1.54) is 7.05 Å². The Balaban J connectivity index is 0. The zero-order chi connectivity index (χ0) is 8.20. The zero-order valence-electron chi connectivity index (χ0n) is 6.16. The van der Waals surface area contributed by atoms with Gasteiger partial charge in [-0.25, -0.2) is 13.2 Å². The normalized spacial score (nSPS) is 10.0. The van der Waals surface area contributed by atoms with Crippen LogP contribution in [0.4, 0.5) is 0 Å². The maximum atomic E-state index is 10.2. The fraction of sp³-hybridized carbons (Fsp3) is 0.667. The van der Waals surface area contributed by atoms with Gasteiger partial charge in [-0.15, -0.1) is 0 Å². The smallest absolute Gasteiger partial charge is 0.716 e. The van der Waals surface area contributed by atoms with E-state index < -0.39 is 16.4 Å². The summed E-state index contributed by atoms with van der Waals surface area (Å²) in [6.45, 7) is -0.304. The van der Waals surface area contributed by atoms with Crippen molar-refractivity contribution in [3.05, 3.63) is 0 Å². The molecule has 6 nitrogen and oxygen atoms in total. The van der Waals surface area contributed by atoms with Crippen LogP contribution in [-0.2, 0) is 19.4 Å². The van der Waals surface area contributed by atoms with Gasteiger partial charge in [-0.2, -0.15) is 0 Å². The van der Waals surface area contributed by atoms with E-state index in [0.29, 0.717) is 0 Å². The number of hydrogen-bond acceptors (Lipinski definition) is 6. The average molecular weight is 191 g/mol. The number of rotatable bonds is 3. The van der Waals surface area contributed by atoms with Gasteiger partial charge in [0, 0.05) is 0 Å². The second-order valence-electron chi connectivity index (χ2n) is 1.39. The third-order valence-corrected chi connectivity index (χ3v) is 0.906. The Hall–Kier alpha value is 0.340. The first kappa shape index (κ1) is 13.9. The summed E-state index contributed by atoms with van der Waals surface area (Å²) in [5.41, 5.74) is 0. The molecule has 0 rings (SSSR count). The quantitative estimate of drug-likeness (QED) is 0.273. The molecule has 0 spiro atoms. The van der Waals surface area contributed by atoms with Crippen LogP contribution in [0.15, 0.2) is 0 Å². The molecule has 8 heteroatoms. The van der Waals surface area contributed by atoms with Crippen molar-refractivity contribution in [3.63, 3.8) is 0 Å². The molecule has 0 aliphatic carbocycles. The van der Waals surface area contributed by atoms with Crippen molar-refractivity contribution in [3.8, 4) is 0 Å². The molecule has 0 heterocycles. The number of carbonyl (C=O) groups excluding carboxylic acids is 1. The minimum absolute atomic E-state index is 0. The van der Waals surface area contributed by atoms with Crippen LogP contribution in [0.1, 0.15) is 0 Å². The Bertz CT molecular complexity index is 212. The van der Waals surface area contributed by atoms with Crippen LogP contribution >= 0.6 is 0 Å². The van der Waals surface area contributed by atoms with Gasteiger partial charge in [-0.1, -0.05) is 0 Å². The van der Waals surface area contributed by atoms with E-state index in [2.05, 4.69) is 9.50 Å². The third kappa shape index (κ3) is 10.3. The van der Waals surface area contributed by atoms with Crippen molar-refractivity contribution >= 4 is 16.4 Å². The summed E-state index contributed by atoms with van der Waals surface area (Å²) in [7, 11) is -3.47. The van der Waals surface area contributed by atoms with Crippen LogP contribution in [0.5, 0.6) is 0 Å². The molecule has 0 atom stereocenters. The van der Waals surface area contributed by atoms with Gasteiger partial charge in [0.15, 0.2) is 0 Å². The second-order valence-corrected chi connectivity index (χ2v) is 2.38. The molecule has 0 saturated carbocycles. The number of carbonyl (C=O) groups is 1. The van der Waals surface area contributed by atoms with Crippen molar-refractivity contribution in [2.75, 3.05) is 13.6 Å². The van der Waals surface area contributed by atoms with Gasteiger partial charge < -0.3 is 14.1 Å². The molecule has 0 aromatic rings. The minimum Gasteiger partial charge on any atom is -0.716 e. The molecule has 0 fully saturated rings. The molecule has 0 aliphatic heterocycles. The Kier molecular flexibility index (Phi) is 7.48. The SMILES string of the molecule is CNCC(=O)OS(=O)(=O)[O-].[Na+]. The number of likely N-dealkylation sites (N-methyl/N-ethyl adjacent to an activating group) is 1. The van der Waals surface area contributed by atoms with Crippen molar-refractivity contribution < 1.29 is 51.5 Å². The molecule has 0 radical (unpaired) electrons. The fourth-order valence-electron chi connectivity index (χ4n) is 0.288. The Morgan fingerprint density at radius 2 is 2.09 bits per heavy atom. The molecule has 0 aromatic carbocycles. The molecule has 0 saturated heterocycles. The van der Waals surface area contributed by atoms with Gasteiger partial charge in [0.1, 0.15) is 0 Å². The van der Waals surface area contributed by atoms with Crippen molar-refractivity contribution in [2.24, 2.45) is 0 Å². The largest absolute Gasteiger partial charge is 1.00 e. The Morgan fingerprint density at radius 1 is 1.64 bits per heavy atom. The molecule has 0 unspecified atom stereocenters. The molecular weight excluding hydrogens is 185 g/mol. The van der Waals surface area contributed by atoms with Crippen LogP contribution in [0.2, 0.25) is 0 Å². The second kappa shape index (κ2) is 5.92. The van der Waals surface area contributed by atoms with Gasteiger partial charge in [0.05, 0.1) is 6.54 Å². The first-order chi connectivity index (χ1) is 4.45. The van der Waals surface area contributed by atoms with Crippen LogP contribution in [0.25, 0.3) is 0 Å². The summed E-state index contributed by atoms with van der Waals surface area (Å²) >= 11 is 0. The summed E-state index contributed by atoms with van der Waals surface area (Å²) in [6, 6.07) is 0. The van der Waals surface area contributed by atoms with Crippen LogP contribution in [0.3, 0.4) is 0 Å². The van der Waals surface area contributed by atoms with E-state index >= 15 is 0 Å². The zero-order valence-corrected chi connectivity index (χ0v) is 8.97. The van der Waals surface area contributed by atoms with E-state index in [1.54, 1.807) is 0 Å². The van der Waals surface area contributed by atoms with Gasteiger partial charge in [0.2, 0.25) is 0 Å². The Labute approximate surface area is 86.5 Å². The Morgan fingerprint density at radius 3 is 2.36 bits per heavy atom. The number of nitrogens with one attached hydrogen (secondary N) is 1. The van der Waals surface area contributed by atoms with Gasteiger partial charge in [-0.05, 0) is 7.05 Å². The molecule has 0 amide bonds. The molecular formula is C3H6NNaO5S. The van der Waals surface area contributed by atoms with Gasteiger partial charge in [0.25, 0.3) is 10.4 Å². The molecule has 1 N–H and O–H groups in total. The van der Waals surface area contributed by atoms with Gasteiger partial charge in [-0.3, -0.25) is 0 Å². The third-order valence-electron chi connectivity index (χ3n) is 0.516. The summed E-state index contributed by atoms with van der Waals surface area (Å²) < 4.78 is 32.5. The van der Waals surface area contributed by atoms with E-state index in [9.17, 15) is 17.8 Å². The van der Waals surface area contributed by atoms with E-state index in [0.717, 1.165) is 0 Å². The van der Waals surface area contributed by atoms with Gasteiger partial charge >= 0.3 is 35.5 Å². The van der Waals surface area contributed by atoms with Crippen molar-refractivity contribution in [1.29, 1.82) is 0 Å². The van der Waals surface area contributed by atoms with Crippen LogP contribution in [0, 0.1) is 0 Å². The maximum Gasteiger partial charge on any atom is 1.00 e. The standard InChI is InChI=1S/C3H7NO5S.Na/c1-4-2-3(5)9-10(6,7)8;/h4H,2H2,1H3,(H,6,7,8);/q;+1/p-1. The van der Waals surface area contributed by atoms with E-state index in [-0.39, 0.29) is 36.1 Å². The molecule has 0 bridgehead atoms. The minimum atomic E-state index is -4.89. The summed E-state index contributed by atoms with van der Waals surface area (Å²) in [6.07, 6.45) is 0. The van der Waals surface area contributed by atoms with Crippen LogP contribution < -0.4 is 34.9 Å². The summed E-state index contributed by atoms with van der Waals surface area (Å²) in [5, 5.41) is 2.31. The average Bonchev–Trinajstić information content (AvgIpc) is 1.59. The number of hydrogen-bond donors (Lipinski definition) is 1. The fourth-order valence-corrected chi connectivity index (χ4v) is 0.574. The topological polar surface area (TPSA) is 95.5 Å².